The summed E-state index contributed by atoms with van der Waals surface area (Å²) in [7, 11) is 1.57. The van der Waals surface area contributed by atoms with Crippen molar-refractivity contribution in [3.05, 3.63) is 71.9 Å². The van der Waals surface area contributed by atoms with Crippen LogP contribution in [-0.2, 0) is 16.1 Å². The molecule has 4 rings (SSSR count). The summed E-state index contributed by atoms with van der Waals surface area (Å²) in [6.45, 7) is 5.02. The second kappa shape index (κ2) is 10.9. The summed E-state index contributed by atoms with van der Waals surface area (Å²) in [4.78, 5) is 31.4. The van der Waals surface area contributed by atoms with Crippen molar-refractivity contribution in [3.8, 4) is 23.1 Å². The molecule has 1 aromatic heterocycles. The molecule has 0 aliphatic carbocycles. The molecule has 2 amide bonds. The van der Waals surface area contributed by atoms with Gasteiger partial charge < -0.3 is 24.4 Å². The summed E-state index contributed by atoms with van der Waals surface area (Å²) >= 11 is 0. The van der Waals surface area contributed by atoms with E-state index in [9.17, 15) is 9.59 Å². The standard InChI is InChI=1S/C27H29N3O5/c1-4-34-23-7-5-6-8-24(23)35-25-12-10-19(15-28-25)16-29-27(32)20-14-26(31)30(17-20)21-13-18(2)9-11-22(21)33-3/h5-13,15,20H,4,14,16-17H2,1-3H3,(H,29,32). The van der Waals surface area contributed by atoms with Gasteiger partial charge in [0.1, 0.15) is 5.75 Å². The van der Waals surface area contributed by atoms with E-state index in [4.69, 9.17) is 14.2 Å². The molecule has 3 aromatic rings. The predicted molar refractivity (Wildman–Crippen MR) is 132 cm³/mol. The number of amides is 2. The predicted octanol–water partition coefficient (Wildman–Crippen LogP) is 4.26. The molecule has 1 saturated heterocycles. The van der Waals surface area contributed by atoms with Crippen molar-refractivity contribution in [2.75, 3.05) is 25.2 Å². The first-order valence-corrected chi connectivity index (χ1v) is 11.6. The van der Waals surface area contributed by atoms with E-state index in [2.05, 4.69) is 10.3 Å². The van der Waals surface area contributed by atoms with Gasteiger partial charge in [-0.05, 0) is 49.2 Å². The Morgan fingerprint density at radius 2 is 1.91 bits per heavy atom. The lowest BCUT2D eigenvalue weighted by Gasteiger charge is -2.20. The maximum Gasteiger partial charge on any atom is 0.227 e. The number of carbonyl (C=O) groups is 2. The van der Waals surface area contributed by atoms with E-state index in [1.54, 1.807) is 24.3 Å². The van der Waals surface area contributed by atoms with Crippen LogP contribution in [0.3, 0.4) is 0 Å². The summed E-state index contributed by atoms with van der Waals surface area (Å²) < 4.78 is 16.8. The molecule has 2 aromatic carbocycles. The van der Waals surface area contributed by atoms with E-state index >= 15 is 0 Å². The number of nitrogens with zero attached hydrogens (tertiary/aromatic N) is 2. The van der Waals surface area contributed by atoms with Crippen LogP contribution in [0.5, 0.6) is 23.1 Å². The average Bonchev–Trinajstić information content (AvgIpc) is 3.26. The van der Waals surface area contributed by atoms with Crippen LogP contribution in [-0.4, -0.2) is 37.1 Å². The number of nitrogens with one attached hydrogen (secondary N) is 1. The smallest absolute Gasteiger partial charge is 0.227 e. The monoisotopic (exact) mass is 475 g/mol. The quantitative estimate of drug-likeness (QED) is 0.497. The first-order valence-electron chi connectivity index (χ1n) is 11.6. The third-order valence-corrected chi connectivity index (χ3v) is 5.75. The molecule has 1 N–H and O–H groups in total. The third-order valence-electron chi connectivity index (χ3n) is 5.75. The average molecular weight is 476 g/mol. The van der Waals surface area contributed by atoms with Crippen molar-refractivity contribution in [1.82, 2.24) is 10.3 Å². The SMILES string of the molecule is CCOc1ccccc1Oc1ccc(CNC(=O)C2CC(=O)N(c3cc(C)ccc3OC)C2)cn1. The van der Waals surface area contributed by atoms with Crippen LogP contribution in [0, 0.1) is 12.8 Å². The van der Waals surface area contributed by atoms with Crippen molar-refractivity contribution in [2.24, 2.45) is 5.92 Å². The fourth-order valence-electron chi connectivity index (χ4n) is 3.96. The number of benzene rings is 2. The molecule has 0 radical (unpaired) electrons. The van der Waals surface area contributed by atoms with Crippen LogP contribution in [0.4, 0.5) is 5.69 Å². The maximum atomic E-state index is 12.8. The zero-order valence-electron chi connectivity index (χ0n) is 20.1. The van der Waals surface area contributed by atoms with E-state index in [-0.39, 0.29) is 18.2 Å². The van der Waals surface area contributed by atoms with E-state index < -0.39 is 5.92 Å². The number of aryl methyl sites for hydroxylation is 1. The number of ether oxygens (including phenoxy) is 3. The Hall–Kier alpha value is -4.07. The molecule has 182 valence electrons. The van der Waals surface area contributed by atoms with Gasteiger partial charge in [0, 0.05) is 31.8 Å². The number of para-hydroxylation sites is 2. The minimum atomic E-state index is -0.432. The lowest BCUT2D eigenvalue weighted by Crippen LogP contribution is -2.32. The van der Waals surface area contributed by atoms with Crippen molar-refractivity contribution in [1.29, 1.82) is 0 Å². The van der Waals surface area contributed by atoms with Gasteiger partial charge in [-0.3, -0.25) is 9.59 Å². The minimum Gasteiger partial charge on any atom is -0.495 e. The van der Waals surface area contributed by atoms with Crippen LogP contribution in [0.2, 0.25) is 0 Å². The summed E-state index contributed by atoms with van der Waals surface area (Å²) in [5.74, 6) is 1.58. The molecular weight excluding hydrogens is 446 g/mol. The Labute approximate surface area is 204 Å². The Bertz CT molecular complexity index is 1200. The number of carbonyl (C=O) groups excluding carboxylic acids is 2. The third kappa shape index (κ3) is 5.71. The van der Waals surface area contributed by atoms with Gasteiger partial charge in [0.05, 0.1) is 25.3 Å². The molecular formula is C27H29N3O5. The highest BCUT2D eigenvalue weighted by molar-refractivity contribution is 6.01. The minimum absolute atomic E-state index is 0.0930. The van der Waals surface area contributed by atoms with E-state index in [1.165, 1.54) is 0 Å². The second-order valence-corrected chi connectivity index (χ2v) is 8.28. The molecule has 1 aliphatic heterocycles. The van der Waals surface area contributed by atoms with Gasteiger partial charge in [0.2, 0.25) is 17.7 Å². The number of rotatable bonds is 9. The number of hydrogen-bond acceptors (Lipinski definition) is 6. The van der Waals surface area contributed by atoms with Crippen molar-refractivity contribution >= 4 is 17.5 Å². The van der Waals surface area contributed by atoms with Crippen molar-refractivity contribution in [3.63, 3.8) is 0 Å². The molecule has 2 heterocycles. The van der Waals surface area contributed by atoms with Gasteiger partial charge in [-0.25, -0.2) is 4.98 Å². The van der Waals surface area contributed by atoms with E-state index in [1.807, 2.05) is 62.4 Å². The fraction of sp³-hybridized carbons (Fsp3) is 0.296. The number of methoxy groups -OCH3 is 1. The lowest BCUT2D eigenvalue weighted by atomic mass is 10.1. The topological polar surface area (TPSA) is 90.0 Å². The number of pyridine rings is 1. The number of anilines is 1. The molecule has 0 bridgehead atoms. The zero-order chi connectivity index (χ0) is 24.8. The summed E-state index contributed by atoms with van der Waals surface area (Å²) in [6, 6.07) is 16.7. The summed E-state index contributed by atoms with van der Waals surface area (Å²) in [6.07, 6.45) is 1.82. The molecule has 1 fully saturated rings. The molecule has 8 nitrogen and oxygen atoms in total. The number of aromatic nitrogens is 1. The zero-order valence-corrected chi connectivity index (χ0v) is 20.1. The maximum absolute atomic E-state index is 12.8. The molecule has 0 saturated carbocycles. The highest BCUT2D eigenvalue weighted by Gasteiger charge is 2.36. The first kappa shape index (κ1) is 24.1. The Morgan fingerprint density at radius 3 is 2.63 bits per heavy atom. The first-order chi connectivity index (χ1) is 17.0. The summed E-state index contributed by atoms with van der Waals surface area (Å²) in [5, 5.41) is 2.92. The van der Waals surface area contributed by atoms with Crippen molar-refractivity contribution in [2.45, 2.75) is 26.8 Å². The number of hydrogen-bond donors (Lipinski definition) is 1. The molecule has 8 heteroatoms. The van der Waals surface area contributed by atoms with E-state index in [0.717, 1.165) is 11.1 Å². The van der Waals surface area contributed by atoms with Gasteiger partial charge in [-0.1, -0.05) is 24.3 Å². The molecule has 1 atom stereocenters. The second-order valence-electron chi connectivity index (χ2n) is 8.28. The largest absolute Gasteiger partial charge is 0.495 e. The molecule has 35 heavy (non-hydrogen) atoms. The van der Waals surface area contributed by atoms with Crippen molar-refractivity contribution < 1.29 is 23.8 Å². The normalized spacial score (nSPS) is 15.1. The molecule has 1 unspecified atom stereocenters. The van der Waals surface area contributed by atoms with Gasteiger partial charge in [0.25, 0.3) is 0 Å². The van der Waals surface area contributed by atoms with Crippen LogP contribution in [0.15, 0.2) is 60.8 Å². The molecule has 0 spiro atoms. The van der Waals surface area contributed by atoms with Crippen LogP contribution >= 0.6 is 0 Å². The molecule has 1 aliphatic rings. The van der Waals surface area contributed by atoms with Crippen LogP contribution in [0.25, 0.3) is 0 Å². The van der Waals surface area contributed by atoms with Gasteiger partial charge >= 0.3 is 0 Å². The highest BCUT2D eigenvalue weighted by Crippen LogP contribution is 2.34. The Morgan fingerprint density at radius 1 is 1.11 bits per heavy atom. The Balaban J connectivity index is 1.34. The highest BCUT2D eigenvalue weighted by atomic mass is 16.5. The van der Waals surface area contributed by atoms with Gasteiger partial charge in [-0.2, -0.15) is 0 Å². The summed E-state index contributed by atoms with van der Waals surface area (Å²) in [5.41, 5.74) is 2.53. The van der Waals surface area contributed by atoms with Crippen LogP contribution < -0.4 is 24.4 Å². The van der Waals surface area contributed by atoms with Crippen LogP contribution in [0.1, 0.15) is 24.5 Å². The Kier molecular flexibility index (Phi) is 7.50. The van der Waals surface area contributed by atoms with Gasteiger partial charge in [0.15, 0.2) is 11.5 Å². The fourth-order valence-corrected chi connectivity index (χ4v) is 3.96. The van der Waals surface area contributed by atoms with E-state index in [0.29, 0.717) is 48.5 Å². The lowest BCUT2D eigenvalue weighted by molar-refractivity contribution is -0.126. The van der Waals surface area contributed by atoms with Gasteiger partial charge in [-0.15, -0.1) is 0 Å².